The molecule has 6 nitrogen and oxygen atoms in total. The molecule has 2 aliphatic rings. The Bertz CT molecular complexity index is 729. The van der Waals surface area contributed by atoms with Crippen LogP contribution in [0.25, 0.3) is 0 Å². The van der Waals surface area contributed by atoms with Crippen LogP contribution in [0.3, 0.4) is 0 Å². The number of fused-ring (bicyclic) bond motifs is 3. The van der Waals surface area contributed by atoms with E-state index in [4.69, 9.17) is 4.74 Å². The monoisotopic (exact) mass is 334 g/mol. The van der Waals surface area contributed by atoms with Gasteiger partial charge in [0, 0.05) is 17.1 Å². The summed E-state index contributed by atoms with van der Waals surface area (Å²) in [5, 5.41) is 7.91. The third-order valence-electron chi connectivity index (χ3n) is 3.94. The predicted octanol–water partition coefficient (Wildman–Crippen LogP) is 1.44. The van der Waals surface area contributed by atoms with Gasteiger partial charge < -0.3 is 9.64 Å². The number of carbonyl (C=O) groups excluding carboxylic acids is 1. The first-order valence-corrected chi connectivity index (χ1v) is 7.01. The van der Waals surface area contributed by atoms with E-state index in [9.17, 15) is 4.79 Å². The van der Waals surface area contributed by atoms with E-state index in [-0.39, 0.29) is 5.91 Å². The fourth-order valence-electron chi connectivity index (χ4n) is 2.89. The van der Waals surface area contributed by atoms with E-state index in [2.05, 4.69) is 26.2 Å². The number of rotatable bonds is 0. The second-order valence-electron chi connectivity index (χ2n) is 5.02. The van der Waals surface area contributed by atoms with E-state index in [1.54, 1.807) is 22.8 Å². The summed E-state index contributed by atoms with van der Waals surface area (Å²) >= 11 is 3.46. The minimum Gasteiger partial charge on any atom is -0.352 e. The molecule has 0 radical (unpaired) electrons. The summed E-state index contributed by atoms with van der Waals surface area (Å²) < 4.78 is 8.63. The van der Waals surface area contributed by atoms with Crippen LogP contribution in [0.4, 0.5) is 5.69 Å². The summed E-state index contributed by atoms with van der Waals surface area (Å²) in [6.07, 6.45) is 1.66. The van der Waals surface area contributed by atoms with E-state index < -0.39 is 5.60 Å². The molecule has 1 amide bonds. The standard InChI is InChI=1S/C13H11BrN4O2/c1-17-11-3-2-8(14)4-10(11)13(12(17)19)7-18-9(6-20-13)5-15-16-18/h2-5H,6-7H2,1H3. The van der Waals surface area contributed by atoms with Crippen LogP contribution in [0.15, 0.2) is 28.9 Å². The Morgan fingerprint density at radius 1 is 1.45 bits per heavy atom. The third-order valence-corrected chi connectivity index (χ3v) is 4.44. The zero-order valence-corrected chi connectivity index (χ0v) is 12.3. The molecular weight excluding hydrogens is 324 g/mol. The summed E-state index contributed by atoms with van der Waals surface area (Å²) in [6, 6.07) is 5.79. The van der Waals surface area contributed by atoms with Gasteiger partial charge in [-0.25, -0.2) is 4.68 Å². The van der Waals surface area contributed by atoms with E-state index in [1.165, 1.54) is 0 Å². The van der Waals surface area contributed by atoms with Gasteiger partial charge in [0.15, 0.2) is 5.60 Å². The number of ether oxygens (including phenoxy) is 1. The van der Waals surface area contributed by atoms with Crippen molar-refractivity contribution in [1.29, 1.82) is 0 Å². The molecule has 0 saturated carbocycles. The second-order valence-corrected chi connectivity index (χ2v) is 5.94. The van der Waals surface area contributed by atoms with Crippen LogP contribution in [-0.2, 0) is 28.3 Å². The number of aromatic nitrogens is 3. The number of hydrogen-bond acceptors (Lipinski definition) is 4. The first-order chi connectivity index (χ1) is 9.62. The van der Waals surface area contributed by atoms with Crippen LogP contribution in [0.1, 0.15) is 11.3 Å². The molecule has 1 aromatic carbocycles. The molecular formula is C13H11BrN4O2. The molecule has 1 unspecified atom stereocenters. The molecule has 7 heteroatoms. The van der Waals surface area contributed by atoms with E-state index in [0.29, 0.717) is 13.2 Å². The first-order valence-electron chi connectivity index (χ1n) is 6.21. The fourth-order valence-corrected chi connectivity index (χ4v) is 3.25. The molecule has 0 saturated heterocycles. The summed E-state index contributed by atoms with van der Waals surface area (Å²) in [7, 11) is 1.77. The Morgan fingerprint density at radius 3 is 3.15 bits per heavy atom. The van der Waals surface area contributed by atoms with Gasteiger partial charge in [0.05, 0.1) is 30.7 Å². The summed E-state index contributed by atoms with van der Waals surface area (Å²) in [5.74, 6) is -0.0632. The van der Waals surface area contributed by atoms with Gasteiger partial charge in [0.1, 0.15) is 0 Å². The highest BCUT2D eigenvalue weighted by Gasteiger charge is 2.53. The molecule has 2 aromatic rings. The number of amides is 1. The van der Waals surface area contributed by atoms with Crippen LogP contribution in [-0.4, -0.2) is 27.9 Å². The van der Waals surface area contributed by atoms with E-state index in [0.717, 1.165) is 21.4 Å². The van der Waals surface area contributed by atoms with E-state index >= 15 is 0 Å². The zero-order chi connectivity index (χ0) is 13.9. The van der Waals surface area contributed by atoms with E-state index in [1.807, 2.05) is 18.2 Å². The highest BCUT2D eigenvalue weighted by atomic mass is 79.9. The summed E-state index contributed by atoms with van der Waals surface area (Å²) in [5.41, 5.74) is 1.64. The lowest BCUT2D eigenvalue weighted by atomic mass is 9.94. The number of halogens is 1. The normalized spacial score (nSPS) is 24.1. The van der Waals surface area contributed by atoms with Gasteiger partial charge in [0.25, 0.3) is 5.91 Å². The average Bonchev–Trinajstić information content (AvgIpc) is 2.98. The van der Waals surface area contributed by atoms with Gasteiger partial charge in [-0.05, 0) is 18.2 Å². The van der Waals surface area contributed by atoms with Gasteiger partial charge in [-0.3, -0.25) is 4.79 Å². The van der Waals surface area contributed by atoms with Crippen LogP contribution in [0, 0.1) is 0 Å². The molecule has 1 aromatic heterocycles. The van der Waals surface area contributed by atoms with Crippen molar-refractivity contribution in [3.8, 4) is 0 Å². The largest absolute Gasteiger partial charge is 0.352 e. The number of benzene rings is 1. The van der Waals surface area contributed by atoms with Crippen LogP contribution < -0.4 is 4.90 Å². The number of hydrogen-bond donors (Lipinski definition) is 0. The van der Waals surface area contributed by atoms with Crippen molar-refractivity contribution in [2.24, 2.45) is 0 Å². The van der Waals surface area contributed by atoms with Gasteiger partial charge in [-0.1, -0.05) is 21.1 Å². The molecule has 1 spiro atoms. The van der Waals surface area contributed by atoms with Crippen molar-refractivity contribution in [3.05, 3.63) is 40.1 Å². The van der Waals surface area contributed by atoms with Crippen molar-refractivity contribution in [2.75, 3.05) is 11.9 Å². The molecule has 0 bridgehead atoms. The molecule has 2 aliphatic heterocycles. The summed E-state index contributed by atoms with van der Waals surface area (Å²) in [6.45, 7) is 0.688. The lowest BCUT2D eigenvalue weighted by Crippen LogP contribution is -2.47. The Kier molecular flexibility index (Phi) is 2.34. The SMILES string of the molecule is CN1C(=O)C2(Cn3nncc3CO2)c2cc(Br)ccc21. The molecule has 0 fully saturated rings. The minimum absolute atomic E-state index is 0.0632. The lowest BCUT2D eigenvalue weighted by molar-refractivity contribution is -0.153. The maximum atomic E-state index is 12.7. The molecule has 0 N–H and O–H groups in total. The summed E-state index contributed by atoms with van der Waals surface area (Å²) in [4.78, 5) is 14.3. The molecule has 0 aliphatic carbocycles. The fraction of sp³-hybridized carbons (Fsp3) is 0.308. The molecule has 20 heavy (non-hydrogen) atoms. The number of anilines is 1. The Labute approximate surface area is 123 Å². The smallest absolute Gasteiger partial charge is 0.265 e. The highest BCUT2D eigenvalue weighted by molar-refractivity contribution is 9.10. The molecule has 4 rings (SSSR count). The van der Waals surface area contributed by atoms with Gasteiger partial charge >= 0.3 is 0 Å². The second kappa shape index (κ2) is 3.89. The maximum absolute atomic E-state index is 12.7. The van der Waals surface area contributed by atoms with Crippen molar-refractivity contribution in [3.63, 3.8) is 0 Å². The van der Waals surface area contributed by atoms with Crippen LogP contribution in [0.5, 0.6) is 0 Å². The molecule has 102 valence electrons. The van der Waals surface area contributed by atoms with Gasteiger partial charge in [-0.2, -0.15) is 0 Å². The van der Waals surface area contributed by atoms with Crippen molar-refractivity contribution >= 4 is 27.5 Å². The Morgan fingerprint density at radius 2 is 2.30 bits per heavy atom. The van der Waals surface area contributed by atoms with Crippen LogP contribution >= 0.6 is 15.9 Å². The zero-order valence-electron chi connectivity index (χ0n) is 10.7. The van der Waals surface area contributed by atoms with Crippen molar-refractivity contribution in [1.82, 2.24) is 15.0 Å². The lowest BCUT2D eigenvalue weighted by Gasteiger charge is -2.32. The molecule has 3 heterocycles. The van der Waals surface area contributed by atoms with Crippen molar-refractivity contribution < 1.29 is 9.53 Å². The third kappa shape index (κ3) is 1.39. The highest BCUT2D eigenvalue weighted by Crippen LogP contribution is 2.46. The van der Waals surface area contributed by atoms with Gasteiger partial charge in [-0.15, -0.1) is 5.10 Å². The maximum Gasteiger partial charge on any atom is 0.265 e. The Hall–Kier alpha value is -1.73. The molecule has 1 atom stereocenters. The average molecular weight is 335 g/mol. The van der Waals surface area contributed by atoms with Gasteiger partial charge in [0.2, 0.25) is 0 Å². The predicted molar refractivity (Wildman–Crippen MR) is 74.0 cm³/mol. The quantitative estimate of drug-likeness (QED) is 0.731. The van der Waals surface area contributed by atoms with Crippen LogP contribution in [0.2, 0.25) is 0 Å². The Balaban J connectivity index is 1.91. The number of nitrogens with zero attached hydrogens (tertiary/aromatic N) is 4. The minimum atomic E-state index is -0.992. The number of likely N-dealkylation sites (N-methyl/N-ethyl adjacent to an activating group) is 1. The first kappa shape index (κ1) is 12.0. The number of carbonyl (C=O) groups is 1. The van der Waals surface area contributed by atoms with Crippen molar-refractivity contribution in [2.45, 2.75) is 18.8 Å². The topological polar surface area (TPSA) is 60.2 Å².